The van der Waals surface area contributed by atoms with Gasteiger partial charge in [-0.1, -0.05) is 71.6 Å². The molecule has 3 aromatic rings. The number of hydrogen-bond donors (Lipinski definition) is 2. The maximum atomic E-state index is 12.5. The maximum absolute atomic E-state index is 12.5. The highest BCUT2D eigenvalue weighted by atomic mass is 32.2. The molecule has 3 rings (SSSR count). The molecule has 0 spiro atoms. The molecular formula is C22H23N3O3S2. The number of thioether (sulfide) groups is 1. The predicted octanol–water partition coefficient (Wildman–Crippen LogP) is 4.36. The van der Waals surface area contributed by atoms with Crippen LogP contribution >= 0.6 is 23.1 Å². The van der Waals surface area contributed by atoms with E-state index in [1.54, 1.807) is 0 Å². The smallest absolute Gasteiger partial charge is 0.262 e. The number of amides is 2. The summed E-state index contributed by atoms with van der Waals surface area (Å²) in [7, 11) is 0. The van der Waals surface area contributed by atoms with Crippen LogP contribution < -0.4 is 15.4 Å². The normalized spacial score (nSPS) is 10.5. The summed E-state index contributed by atoms with van der Waals surface area (Å²) in [5, 5.41) is 6.32. The van der Waals surface area contributed by atoms with E-state index in [4.69, 9.17) is 4.74 Å². The molecule has 0 aliphatic rings. The Kier molecular flexibility index (Phi) is 7.87. The molecule has 0 fully saturated rings. The van der Waals surface area contributed by atoms with Gasteiger partial charge in [-0.15, -0.1) is 0 Å². The van der Waals surface area contributed by atoms with Crippen molar-refractivity contribution in [3.05, 3.63) is 60.2 Å². The Bertz CT molecular complexity index is 1010. The van der Waals surface area contributed by atoms with Crippen molar-refractivity contribution in [1.29, 1.82) is 0 Å². The van der Waals surface area contributed by atoms with Crippen LogP contribution in [0, 0.1) is 6.92 Å². The second-order valence-corrected chi connectivity index (χ2v) is 8.59. The van der Waals surface area contributed by atoms with E-state index < -0.39 is 0 Å². The van der Waals surface area contributed by atoms with Crippen LogP contribution in [0.25, 0.3) is 11.3 Å². The Morgan fingerprint density at radius 2 is 1.80 bits per heavy atom. The van der Waals surface area contributed by atoms with Gasteiger partial charge in [-0.2, -0.15) is 0 Å². The number of para-hydroxylation sites is 1. The molecule has 2 aromatic carbocycles. The standard InChI is InChI=1S/C22H23N3O3S2/c1-3-23-19(27)14-29-22-25-20(16-10-5-4-6-11-16)21(30-22)24-18(26)13-28-17-12-8-7-9-15(17)2/h4-12H,3,13-14H2,1-2H3,(H,23,27)(H,24,26). The first kappa shape index (κ1) is 21.9. The van der Waals surface area contributed by atoms with E-state index in [1.165, 1.54) is 23.1 Å². The van der Waals surface area contributed by atoms with Gasteiger partial charge in [-0.05, 0) is 25.5 Å². The Morgan fingerprint density at radius 1 is 1.07 bits per heavy atom. The van der Waals surface area contributed by atoms with E-state index in [0.29, 0.717) is 23.0 Å². The number of aromatic nitrogens is 1. The van der Waals surface area contributed by atoms with Crippen LogP contribution in [0.4, 0.5) is 5.00 Å². The molecule has 0 bridgehead atoms. The number of rotatable bonds is 9. The number of ether oxygens (including phenoxy) is 1. The first-order valence-corrected chi connectivity index (χ1v) is 11.3. The molecular weight excluding hydrogens is 418 g/mol. The van der Waals surface area contributed by atoms with Gasteiger partial charge in [-0.25, -0.2) is 4.98 Å². The van der Waals surface area contributed by atoms with Crippen molar-refractivity contribution in [3.8, 4) is 17.0 Å². The zero-order chi connectivity index (χ0) is 21.3. The number of nitrogens with one attached hydrogen (secondary N) is 2. The molecule has 2 N–H and O–H groups in total. The minimum atomic E-state index is -0.264. The van der Waals surface area contributed by atoms with E-state index >= 15 is 0 Å². The summed E-state index contributed by atoms with van der Waals surface area (Å²) in [6, 6.07) is 17.2. The topological polar surface area (TPSA) is 80.3 Å². The Labute approximate surface area is 184 Å². The number of benzene rings is 2. The molecule has 0 atom stereocenters. The minimum Gasteiger partial charge on any atom is -0.483 e. The van der Waals surface area contributed by atoms with Gasteiger partial charge >= 0.3 is 0 Å². The molecule has 1 aromatic heterocycles. The highest BCUT2D eigenvalue weighted by Gasteiger charge is 2.17. The summed E-state index contributed by atoms with van der Waals surface area (Å²) in [5.41, 5.74) is 2.55. The lowest BCUT2D eigenvalue weighted by atomic mass is 10.2. The third-order valence-corrected chi connectivity index (χ3v) is 6.17. The van der Waals surface area contributed by atoms with Crippen LogP contribution in [0.2, 0.25) is 0 Å². The van der Waals surface area contributed by atoms with E-state index in [2.05, 4.69) is 15.6 Å². The molecule has 0 saturated carbocycles. The molecule has 0 radical (unpaired) electrons. The summed E-state index contributed by atoms with van der Waals surface area (Å²) in [6.45, 7) is 4.31. The molecule has 156 valence electrons. The van der Waals surface area contributed by atoms with Crippen molar-refractivity contribution in [2.45, 2.75) is 18.2 Å². The molecule has 30 heavy (non-hydrogen) atoms. The van der Waals surface area contributed by atoms with Crippen molar-refractivity contribution >= 4 is 39.9 Å². The van der Waals surface area contributed by atoms with Crippen LogP contribution in [-0.2, 0) is 9.59 Å². The number of carbonyl (C=O) groups excluding carboxylic acids is 2. The van der Waals surface area contributed by atoms with E-state index in [1.807, 2.05) is 68.4 Å². The van der Waals surface area contributed by atoms with Gasteiger partial charge in [0.2, 0.25) is 5.91 Å². The zero-order valence-corrected chi connectivity index (χ0v) is 18.4. The average molecular weight is 442 g/mol. The quantitative estimate of drug-likeness (QED) is 0.482. The van der Waals surface area contributed by atoms with Crippen LogP contribution in [0.15, 0.2) is 58.9 Å². The number of anilines is 1. The third kappa shape index (κ3) is 6.08. The highest BCUT2D eigenvalue weighted by Crippen LogP contribution is 2.37. The predicted molar refractivity (Wildman–Crippen MR) is 122 cm³/mol. The fraction of sp³-hybridized carbons (Fsp3) is 0.227. The van der Waals surface area contributed by atoms with Crippen LogP contribution in [-0.4, -0.2) is 35.7 Å². The van der Waals surface area contributed by atoms with Gasteiger partial charge in [0, 0.05) is 12.1 Å². The molecule has 0 aliphatic carbocycles. The van der Waals surface area contributed by atoms with Crippen LogP contribution in [0.3, 0.4) is 0 Å². The molecule has 1 heterocycles. The highest BCUT2D eigenvalue weighted by molar-refractivity contribution is 8.01. The minimum absolute atomic E-state index is 0.0452. The van der Waals surface area contributed by atoms with E-state index in [-0.39, 0.29) is 24.2 Å². The first-order chi connectivity index (χ1) is 14.6. The summed E-state index contributed by atoms with van der Waals surface area (Å²) in [6.07, 6.45) is 0. The lowest BCUT2D eigenvalue weighted by Crippen LogP contribution is -2.24. The lowest BCUT2D eigenvalue weighted by Gasteiger charge is -2.09. The Morgan fingerprint density at radius 3 is 2.53 bits per heavy atom. The number of thiazole rings is 1. The largest absolute Gasteiger partial charge is 0.483 e. The molecule has 0 unspecified atom stereocenters. The van der Waals surface area contributed by atoms with Crippen molar-refractivity contribution in [2.24, 2.45) is 0 Å². The molecule has 0 aliphatic heterocycles. The second-order valence-electron chi connectivity index (χ2n) is 6.37. The Balaban J connectivity index is 1.72. The van der Waals surface area contributed by atoms with E-state index in [9.17, 15) is 9.59 Å². The first-order valence-electron chi connectivity index (χ1n) is 9.51. The van der Waals surface area contributed by atoms with Crippen LogP contribution in [0.5, 0.6) is 5.75 Å². The summed E-state index contributed by atoms with van der Waals surface area (Å²) < 4.78 is 6.36. The molecule has 8 heteroatoms. The number of hydrogen-bond acceptors (Lipinski definition) is 6. The van der Waals surface area contributed by atoms with E-state index in [0.717, 1.165) is 15.5 Å². The van der Waals surface area contributed by atoms with Crippen molar-refractivity contribution < 1.29 is 14.3 Å². The zero-order valence-electron chi connectivity index (χ0n) is 16.8. The van der Waals surface area contributed by atoms with Crippen molar-refractivity contribution in [2.75, 3.05) is 24.2 Å². The van der Waals surface area contributed by atoms with Gasteiger partial charge in [0.25, 0.3) is 5.91 Å². The van der Waals surface area contributed by atoms with Crippen molar-refractivity contribution in [1.82, 2.24) is 10.3 Å². The summed E-state index contributed by atoms with van der Waals surface area (Å²) in [4.78, 5) is 28.9. The summed E-state index contributed by atoms with van der Waals surface area (Å²) >= 11 is 2.70. The monoisotopic (exact) mass is 441 g/mol. The maximum Gasteiger partial charge on any atom is 0.262 e. The SMILES string of the molecule is CCNC(=O)CSc1nc(-c2ccccc2)c(NC(=O)COc2ccccc2C)s1. The van der Waals surface area contributed by atoms with Gasteiger partial charge in [0.15, 0.2) is 10.9 Å². The van der Waals surface area contributed by atoms with Gasteiger partial charge < -0.3 is 15.4 Å². The number of nitrogens with zero attached hydrogens (tertiary/aromatic N) is 1. The molecule has 6 nitrogen and oxygen atoms in total. The fourth-order valence-electron chi connectivity index (χ4n) is 2.64. The van der Waals surface area contributed by atoms with Crippen LogP contribution in [0.1, 0.15) is 12.5 Å². The fourth-order valence-corrected chi connectivity index (χ4v) is 4.55. The van der Waals surface area contributed by atoms with Gasteiger partial charge in [-0.3, -0.25) is 9.59 Å². The number of carbonyl (C=O) groups is 2. The summed E-state index contributed by atoms with van der Waals surface area (Å²) in [5.74, 6) is 0.647. The second kappa shape index (κ2) is 10.8. The van der Waals surface area contributed by atoms with Gasteiger partial charge in [0.05, 0.1) is 5.75 Å². The third-order valence-electron chi connectivity index (χ3n) is 4.06. The van der Waals surface area contributed by atoms with Gasteiger partial charge in [0.1, 0.15) is 16.4 Å². The average Bonchev–Trinajstić information content (AvgIpc) is 3.15. The molecule has 2 amide bonds. The number of aryl methyl sites for hydroxylation is 1. The lowest BCUT2D eigenvalue weighted by molar-refractivity contribution is -0.119. The van der Waals surface area contributed by atoms with Crippen molar-refractivity contribution in [3.63, 3.8) is 0 Å². The Hall–Kier alpha value is -2.84. The molecule has 0 saturated heterocycles.